The number of hydrogen-bond acceptors (Lipinski definition) is 3. The van der Waals surface area contributed by atoms with Crippen molar-refractivity contribution in [1.29, 1.82) is 0 Å². The van der Waals surface area contributed by atoms with Crippen molar-refractivity contribution in [1.82, 2.24) is 9.78 Å². The van der Waals surface area contributed by atoms with Crippen molar-refractivity contribution in [3.63, 3.8) is 0 Å². The summed E-state index contributed by atoms with van der Waals surface area (Å²) in [6.45, 7) is 4.36. The topological polar surface area (TPSA) is 60.9 Å². The number of nitrogens with zero attached hydrogens (tertiary/aromatic N) is 2. The van der Waals surface area contributed by atoms with E-state index in [1.54, 1.807) is 11.7 Å². The average molecular weight is 244 g/mol. The molecule has 0 radical (unpaired) electrons. The van der Waals surface area contributed by atoms with Gasteiger partial charge in [0.2, 0.25) is 0 Å². The quantitative estimate of drug-likeness (QED) is 0.852. The molecule has 4 nitrogen and oxygen atoms in total. The molecule has 1 heterocycles. The molecule has 0 aliphatic heterocycles. The molecule has 16 heavy (non-hydrogen) atoms. The fraction of sp³-hybridized carbons (Fsp3) is 0.636. The molecular formula is C11H18ClN3O. The standard InChI is InChI=1S/C11H18ClN3O/c1-7(6-13)4-9(16)5-10-8(2)14-15(3)11(10)12/h7H,4-6,13H2,1-3H3. The summed E-state index contributed by atoms with van der Waals surface area (Å²) in [6.07, 6.45) is 0.851. The second-order valence-electron chi connectivity index (χ2n) is 4.24. The van der Waals surface area contributed by atoms with Crippen molar-refractivity contribution in [2.24, 2.45) is 18.7 Å². The van der Waals surface area contributed by atoms with E-state index in [1.807, 2.05) is 13.8 Å². The Balaban J connectivity index is 2.70. The molecule has 0 fully saturated rings. The molecule has 1 aromatic heterocycles. The van der Waals surface area contributed by atoms with Gasteiger partial charge in [0.15, 0.2) is 0 Å². The van der Waals surface area contributed by atoms with Crippen LogP contribution in [0.2, 0.25) is 5.15 Å². The number of carbonyl (C=O) groups excluding carboxylic acids is 1. The van der Waals surface area contributed by atoms with Crippen molar-refractivity contribution in [2.75, 3.05) is 6.54 Å². The largest absolute Gasteiger partial charge is 0.330 e. The first-order valence-electron chi connectivity index (χ1n) is 5.35. The van der Waals surface area contributed by atoms with Crippen LogP contribution < -0.4 is 5.73 Å². The number of aromatic nitrogens is 2. The number of rotatable bonds is 5. The second kappa shape index (κ2) is 5.46. The van der Waals surface area contributed by atoms with Crippen LogP contribution in [0.3, 0.4) is 0 Å². The molecule has 5 heteroatoms. The Morgan fingerprint density at radius 3 is 2.69 bits per heavy atom. The van der Waals surface area contributed by atoms with E-state index in [0.29, 0.717) is 24.5 Å². The van der Waals surface area contributed by atoms with Gasteiger partial charge in [0.1, 0.15) is 10.9 Å². The van der Waals surface area contributed by atoms with Crippen LogP contribution in [-0.2, 0) is 18.3 Å². The number of hydrogen-bond donors (Lipinski definition) is 1. The van der Waals surface area contributed by atoms with Crippen molar-refractivity contribution in [3.05, 3.63) is 16.4 Å². The number of nitrogens with two attached hydrogens (primary N) is 1. The van der Waals surface area contributed by atoms with Crippen LogP contribution >= 0.6 is 11.6 Å². The van der Waals surface area contributed by atoms with Crippen molar-refractivity contribution in [3.8, 4) is 0 Å². The number of ketones is 1. The SMILES string of the molecule is Cc1nn(C)c(Cl)c1CC(=O)CC(C)CN. The Morgan fingerprint density at radius 1 is 1.62 bits per heavy atom. The summed E-state index contributed by atoms with van der Waals surface area (Å²) in [5.41, 5.74) is 7.14. The molecule has 0 amide bonds. The Bertz CT molecular complexity index is 387. The normalized spacial score (nSPS) is 12.8. The van der Waals surface area contributed by atoms with Crippen LogP contribution in [0.25, 0.3) is 0 Å². The molecule has 90 valence electrons. The first-order chi connectivity index (χ1) is 7.45. The highest BCUT2D eigenvalue weighted by atomic mass is 35.5. The van der Waals surface area contributed by atoms with Gasteiger partial charge in [-0.25, -0.2) is 0 Å². The maximum Gasteiger partial charge on any atom is 0.137 e. The summed E-state index contributed by atoms with van der Waals surface area (Å²) < 4.78 is 1.59. The number of carbonyl (C=O) groups is 1. The minimum Gasteiger partial charge on any atom is -0.330 e. The van der Waals surface area contributed by atoms with Crippen LogP contribution in [0, 0.1) is 12.8 Å². The lowest BCUT2D eigenvalue weighted by Gasteiger charge is -2.06. The minimum atomic E-state index is 0.163. The van der Waals surface area contributed by atoms with Gasteiger partial charge in [-0.2, -0.15) is 5.10 Å². The summed E-state index contributed by atoms with van der Waals surface area (Å²) in [7, 11) is 1.77. The third-order valence-corrected chi connectivity index (χ3v) is 3.10. The van der Waals surface area contributed by atoms with Gasteiger partial charge in [0.25, 0.3) is 0 Å². The van der Waals surface area contributed by atoms with Crippen molar-refractivity contribution >= 4 is 17.4 Å². The molecule has 0 aliphatic rings. The van der Waals surface area contributed by atoms with Crippen molar-refractivity contribution < 1.29 is 4.79 Å². The predicted octanol–water partition coefficient (Wildman–Crippen LogP) is 1.48. The van der Waals surface area contributed by atoms with Gasteiger partial charge in [0, 0.05) is 25.5 Å². The smallest absolute Gasteiger partial charge is 0.137 e. The third kappa shape index (κ3) is 3.06. The fourth-order valence-corrected chi connectivity index (χ4v) is 1.86. The van der Waals surface area contributed by atoms with Gasteiger partial charge < -0.3 is 5.73 Å². The Morgan fingerprint density at radius 2 is 2.25 bits per heavy atom. The molecule has 2 N–H and O–H groups in total. The van der Waals surface area contributed by atoms with Gasteiger partial charge in [0.05, 0.1) is 5.69 Å². The van der Waals surface area contributed by atoms with Crippen molar-refractivity contribution in [2.45, 2.75) is 26.7 Å². The molecule has 0 bridgehead atoms. The fourth-order valence-electron chi connectivity index (χ4n) is 1.62. The zero-order chi connectivity index (χ0) is 12.3. The molecule has 0 spiro atoms. The Hall–Kier alpha value is -0.870. The molecule has 1 atom stereocenters. The van der Waals surface area contributed by atoms with Crippen LogP contribution in [-0.4, -0.2) is 22.1 Å². The summed E-state index contributed by atoms with van der Waals surface area (Å²) in [5.74, 6) is 0.388. The summed E-state index contributed by atoms with van der Waals surface area (Å²) in [5, 5.41) is 4.72. The first kappa shape index (κ1) is 13.2. The molecule has 0 saturated heterocycles. The van der Waals surface area contributed by atoms with E-state index in [9.17, 15) is 4.79 Å². The van der Waals surface area contributed by atoms with Crippen LogP contribution in [0.5, 0.6) is 0 Å². The summed E-state index contributed by atoms with van der Waals surface area (Å²) in [4.78, 5) is 11.7. The maximum absolute atomic E-state index is 11.7. The van der Waals surface area contributed by atoms with Crippen LogP contribution in [0.15, 0.2) is 0 Å². The number of halogens is 1. The third-order valence-electron chi connectivity index (χ3n) is 2.62. The second-order valence-corrected chi connectivity index (χ2v) is 4.60. The van der Waals surface area contributed by atoms with E-state index >= 15 is 0 Å². The van der Waals surface area contributed by atoms with E-state index in [1.165, 1.54) is 0 Å². The summed E-state index contributed by atoms with van der Waals surface area (Å²) >= 11 is 6.05. The monoisotopic (exact) mass is 243 g/mol. The van der Waals surface area contributed by atoms with E-state index in [4.69, 9.17) is 17.3 Å². The van der Waals surface area contributed by atoms with E-state index in [2.05, 4.69) is 5.10 Å². The minimum absolute atomic E-state index is 0.163. The first-order valence-corrected chi connectivity index (χ1v) is 5.73. The zero-order valence-electron chi connectivity index (χ0n) is 9.96. The highest BCUT2D eigenvalue weighted by Crippen LogP contribution is 2.20. The molecule has 0 aromatic carbocycles. The maximum atomic E-state index is 11.7. The van der Waals surface area contributed by atoms with E-state index < -0.39 is 0 Å². The zero-order valence-corrected chi connectivity index (χ0v) is 10.7. The number of aryl methyl sites for hydroxylation is 2. The van der Waals surface area contributed by atoms with Crippen LogP contribution in [0.4, 0.5) is 0 Å². The Labute approximate surface area is 101 Å². The number of Topliss-reactive ketones (excluding diaryl/α,β-unsaturated/α-hetero) is 1. The molecule has 0 aliphatic carbocycles. The lowest BCUT2D eigenvalue weighted by Crippen LogP contribution is -2.16. The molecular weight excluding hydrogens is 226 g/mol. The van der Waals surface area contributed by atoms with Gasteiger partial charge in [-0.1, -0.05) is 18.5 Å². The molecule has 1 unspecified atom stereocenters. The highest BCUT2D eigenvalue weighted by Gasteiger charge is 2.16. The molecule has 1 aromatic rings. The van der Waals surface area contributed by atoms with Gasteiger partial charge >= 0.3 is 0 Å². The highest BCUT2D eigenvalue weighted by molar-refractivity contribution is 6.30. The van der Waals surface area contributed by atoms with E-state index in [-0.39, 0.29) is 11.7 Å². The van der Waals surface area contributed by atoms with Gasteiger partial charge in [-0.05, 0) is 19.4 Å². The summed E-state index contributed by atoms with van der Waals surface area (Å²) in [6, 6.07) is 0. The predicted molar refractivity (Wildman–Crippen MR) is 64.5 cm³/mol. The van der Waals surface area contributed by atoms with Crippen LogP contribution in [0.1, 0.15) is 24.6 Å². The lowest BCUT2D eigenvalue weighted by atomic mass is 10.0. The molecule has 1 rings (SSSR count). The molecule has 0 saturated carbocycles. The Kier molecular flexibility index (Phi) is 4.50. The van der Waals surface area contributed by atoms with Gasteiger partial charge in [-0.3, -0.25) is 9.48 Å². The lowest BCUT2D eigenvalue weighted by molar-refractivity contribution is -0.119. The average Bonchev–Trinajstić information content (AvgIpc) is 2.45. The van der Waals surface area contributed by atoms with Gasteiger partial charge in [-0.15, -0.1) is 0 Å². The van der Waals surface area contributed by atoms with E-state index in [0.717, 1.165) is 11.3 Å².